The van der Waals surface area contributed by atoms with Crippen LogP contribution in [0.5, 0.6) is 0 Å². The van der Waals surface area contributed by atoms with E-state index in [4.69, 9.17) is 10.5 Å². The number of nitrogens with zero attached hydrogens (tertiary/aromatic N) is 1. The molecule has 0 aliphatic rings. The van der Waals surface area contributed by atoms with E-state index in [9.17, 15) is 4.79 Å². The number of carbonyl (C=O) groups is 1. The lowest BCUT2D eigenvalue weighted by Gasteiger charge is -2.25. The topological polar surface area (TPSA) is 55.6 Å². The molecule has 1 atom stereocenters. The van der Waals surface area contributed by atoms with Crippen molar-refractivity contribution in [3.8, 4) is 0 Å². The summed E-state index contributed by atoms with van der Waals surface area (Å²) in [5, 5.41) is 0. The van der Waals surface area contributed by atoms with Gasteiger partial charge in [-0.1, -0.05) is 13.8 Å². The summed E-state index contributed by atoms with van der Waals surface area (Å²) < 4.78 is 5.24. The zero-order valence-electron chi connectivity index (χ0n) is 11.0. The molecular weight excluding hydrogens is 204 g/mol. The van der Waals surface area contributed by atoms with Crippen LogP contribution in [0, 0.1) is 5.92 Å². The first kappa shape index (κ1) is 15.4. The second kappa shape index (κ2) is 8.53. The highest BCUT2D eigenvalue weighted by molar-refractivity contribution is 5.81. The Morgan fingerprint density at radius 3 is 2.44 bits per heavy atom. The maximum atomic E-state index is 11.9. The summed E-state index contributed by atoms with van der Waals surface area (Å²) in [5.74, 6) is 0.487. The Morgan fingerprint density at radius 2 is 2.00 bits per heavy atom. The smallest absolute Gasteiger partial charge is 0.239 e. The van der Waals surface area contributed by atoms with Gasteiger partial charge in [0.2, 0.25) is 5.91 Å². The minimum absolute atomic E-state index is 0.0379. The third-order valence-electron chi connectivity index (χ3n) is 2.45. The van der Waals surface area contributed by atoms with Gasteiger partial charge in [0.25, 0.3) is 0 Å². The zero-order chi connectivity index (χ0) is 12.6. The monoisotopic (exact) mass is 230 g/mol. The molecule has 0 aromatic rings. The second-order valence-corrected chi connectivity index (χ2v) is 4.35. The lowest BCUT2D eigenvalue weighted by molar-refractivity contribution is -0.133. The van der Waals surface area contributed by atoms with Crippen LogP contribution >= 0.6 is 0 Å². The predicted molar refractivity (Wildman–Crippen MR) is 66.2 cm³/mol. The molecule has 0 saturated carbocycles. The van der Waals surface area contributed by atoms with E-state index in [1.807, 2.05) is 13.8 Å². The maximum Gasteiger partial charge on any atom is 0.239 e. The van der Waals surface area contributed by atoms with Crippen LogP contribution < -0.4 is 5.73 Å². The summed E-state index contributed by atoms with van der Waals surface area (Å²) in [4.78, 5) is 13.7. The highest BCUT2D eigenvalue weighted by Crippen LogP contribution is 2.05. The van der Waals surface area contributed by atoms with Crippen molar-refractivity contribution in [3.05, 3.63) is 0 Å². The summed E-state index contributed by atoms with van der Waals surface area (Å²) >= 11 is 0. The Bertz CT molecular complexity index is 195. The van der Waals surface area contributed by atoms with Crippen LogP contribution in [0.15, 0.2) is 0 Å². The van der Waals surface area contributed by atoms with E-state index in [0.717, 1.165) is 6.42 Å². The Labute approximate surface area is 99.1 Å². The van der Waals surface area contributed by atoms with Gasteiger partial charge in [0.15, 0.2) is 0 Å². The van der Waals surface area contributed by atoms with E-state index >= 15 is 0 Å². The van der Waals surface area contributed by atoms with Crippen molar-refractivity contribution in [3.63, 3.8) is 0 Å². The molecule has 0 aromatic heterocycles. The third kappa shape index (κ3) is 6.08. The number of carbonyl (C=O) groups excluding carboxylic acids is 1. The average Bonchev–Trinajstić information content (AvgIpc) is 2.22. The van der Waals surface area contributed by atoms with Gasteiger partial charge >= 0.3 is 0 Å². The predicted octanol–water partition coefficient (Wildman–Crippen LogP) is 1.24. The highest BCUT2D eigenvalue weighted by Gasteiger charge is 2.20. The number of amides is 1. The summed E-state index contributed by atoms with van der Waals surface area (Å²) in [6, 6.07) is -0.374. The average molecular weight is 230 g/mol. The fraction of sp³-hybridized carbons (Fsp3) is 0.917. The Morgan fingerprint density at radius 1 is 1.38 bits per heavy atom. The van der Waals surface area contributed by atoms with E-state index in [-0.39, 0.29) is 11.9 Å². The second-order valence-electron chi connectivity index (χ2n) is 4.35. The molecule has 0 aliphatic heterocycles. The van der Waals surface area contributed by atoms with Crippen LogP contribution in [0.1, 0.15) is 34.1 Å². The van der Waals surface area contributed by atoms with Crippen LogP contribution in [0.2, 0.25) is 0 Å². The van der Waals surface area contributed by atoms with Gasteiger partial charge in [-0.05, 0) is 26.2 Å². The first-order valence-corrected chi connectivity index (χ1v) is 6.14. The fourth-order valence-electron chi connectivity index (χ4n) is 1.59. The van der Waals surface area contributed by atoms with Gasteiger partial charge in [-0.15, -0.1) is 0 Å². The molecule has 0 bridgehead atoms. The molecule has 4 heteroatoms. The molecule has 0 unspecified atom stereocenters. The molecule has 4 nitrogen and oxygen atoms in total. The maximum absolute atomic E-state index is 11.9. The van der Waals surface area contributed by atoms with Gasteiger partial charge in [0.05, 0.1) is 12.6 Å². The summed E-state index contributed by atoms with van der Waals surface area (Å²) in [5.41, 5.74) is 5.87. The minimum Gasteiger partial charge on any atom is -0.380 e. The summed E-state index contributed by atoms with van der Waals surface area (Å²) in [7, 11) is 0. The fourth-order valence-corrected chi connectivity index (χ4v) is 1.59. The van der Waals surface area contributed by atoms with Gasteiger partial charge in [-0.2, -0.15) is 0 Å². The molecule has 16 heavy (non-hydrogen) atoms. The Balaban J connectivity index is 4.08. The van der Waals surface area contributed by atoms with Gasteiger partial charge in [-0.3, -0.25) is 4.79 Å². The van der Waals surface area contributed by atoms with E-state index in [2.05, 4.69) is 13.8 Å². The molecule has 0 rings (SSSR count). The first-order chi connectivity index (χ1) is 7.52. The van der Waals surface area contributed by atoms with Crippen LogP contribution in [-0.4, -0.2) is 43.2 Å². The Hall–Kier alpha value is -0.610. The molecule has 0 saturated heterocycles. The molecule has 0 aliphatic carbocycles. The van der Waals surface area contributed by atoms with Crippen LogP contribution in [-0.2, 0) is 9.53 Å². The Kier molecular flexibility index (Phi) is 8.21. The molecule has 0 aromatic carbocycles. The van der Waals surface area contributed by atoms with Crippen LogP contribution in [0.25, 0.3) is 0 Å². The molecule has 0 fully saturated rings. The number of ether oxygens (including phenoxy) is 1. The number of likely N-dealkylation sites (N-methyl/N-ethyl adjacent to an activating group) is 1. The summed E-state index contributed by atoms with van der Waals surface area (Å²) in [6.07, 6.45) is 0.740. The van der Waals surface area contributed by atoms with Gasteiger partial charge in [-0.25, -0.2) is 0 Å². The van der Waals surface area contributed by atoms with E-state index < -0.39 is 0 Å². The van der Waals surface area contributed by atoms with Crippen molar-refractivity contribution >= 4 is 5.91 Å². The lowest BCUT2D eigenvalue weighted by Crippen LogP contribution is -2.45. The quantitative estimate of drug-likeness (QED) is 0.638. The van der Waals surface area contributed by atoms with E-state index in [1.165, 1.54) is 0 Å². The van der Waals surface area contributed by atoms with E-state index in [1.54, 1.807) is 4.90 Å². The normalized spacial score (nSPS) is 12.9. The number of rotatable bonds is 8. The van der Waals surface area contributed by atoms with Crippen LogP contribution in [0.4, 0.5) is 0 Å². The highest BCUT2D eigenvalue weighted by atomic mass is 16.5. The molecule has 2 N–H and O–H groups in total. The van der Waals surface area contributed by atoms with Crippen molar-refractivity contribution in [1.82, 2.24) is 4.90 Å². The number of nitrogens with two attached hydrogens (primary N) is 1. The summed E-state index contributed by atoms with van der Waals surface area (Å²) in [6.45, 7) is 10.7. The zero-order valence-corrected chi connectivity index (χ0v) is 11.0. The van der Waals surface area contributed by atoms with Crippen LogP contribution in [0.3, 0.4) is 0 Å². The van der Waals surface area contributed by atoms with Crippen molar-refractivity contribution in [2.24, 2.45) is 11.7 Å². The number of hydrogen-bond acceptors (Lipinski definition) is 3. The number of hydrogen-bond donors (Lipinski definition) is 1. The SMILES string of the molecule is CCOCCN(CC)C(=O)[C@@H](N)CC(C)C. The van der Waals surface area contributed by atoms with Gasteiger partial charge < -0.3 is 15.4 Å². The van der Waals surface area contributed by atoms with Crippen molar-refractivity contribution in [2.45, 2.75) is 40.2 Å². The molecule has 1 amide bonds. The van der Waals surface area contributed by atoms with E-state index in [0.29, 0.717) is 32.2 Å². The van der Waals surface area contributed by atoms with Gasteiger partial charge in [0.1, 0.15) is 0 Å². The van der Waals surface area contributed by atoms with Gasteiger partial charge in [0, 0.05) is 19.7 Å². The third-order valence-corrected chi connectivity index (χ3v) is 2.45. The van der Waals surface area contributed by atoms with Crippen molar-refractivity contribution in [1.29, 1.82) is 0 Å². The lowest BCUT2D eigenvalue weighted by atomic mass is 10.0. The van der Waals surface area contributed by atoms with Crippen molar-refractivity contribution < 1.29 is 9.53 Å². The molecule has 0 radical (unpaired) electrons. The van der Waals surface area contributed by atoms with Crippen molar-refractivity contribution in [2.75, 3.05) is 26.3 Å². The molecule has 0 spiro atoms. The molecular formula is C12H26N2O2. The standard InChI is InChI=1S/C12H26N2O2/c1-5-14(7-8-16-6-2)12(15)11(13)9-10(3)4/h10-11H,5-9,13H2,1-4H3/t11-/m0/s1. The molecule has 96 valence electrons. The largest absolute Gasteiger partial charge is 0.380 e. The molecule has 0 heterocycles. The minimum atomic E-state index is -0.374. The first-order valence-electron chi connectivity index (χ1n) is 6.14.